The van der Waals surface area contributed by atoms with E-state index in [-0.39, 0.29) is 24.6 Å². The number of fused-ring (bicyclic) bond motifs is 1. The monoisotopic (exact) mass is 145 g/mol. The van der Waals surface area contributed by atoms with Gasteiger partial charge in [0.25, 0.3) is 0 Å². The maximum Gasteiger partial charge on any atom is 0.0971 e. The molecule has 4 N–H and O–H groups in total. The topological polar surface area (TPSA) is 82.6 Å². The van der Waals surface area contributed by atoms with Crippen LogP contribution in [0.3, 0.4) is 0 Å². The lowest BCUT2D eigenvalue weighted by Gasteiger charge is -2.17. The molecule has 0 aromatic heterocycles. The molecule has 1 saturated carbocycles. The average molecular weight is 145 g/mol. The molecule has 1 aliphatic carbocycles. The van der Waals surface area contributed by atoms with Crippen LogP contribution in [0.5, 0.6) is 0 Å². The standard InChI is InChI=1S/C6H11NO3/c8-1-2-3-4(7-3)6(10)5(2)9/h2-10H,1H2/t2-,3+,4+,5+,6+/m1/s1. The SMILES string of the molecule is OC[C@H]1[C@H](O)[C@@H](O)[C@H]2N[C@@H]12. The minimum Gasteiger partial charge on any atom is -0.396 e. The molecule has 0 aromatic rings. The van der Waals surface area contributed by atoms with Crippen molar-refractivity contribution in [2.24, 2.45) is 5.92 Å². The summed E-state index contributed by atoms with van der Waals surface area (Å²) < 4.78 is 0. The first kappa shape index (κ1) is 6.54. The van der Waals surface area contributed by atoms with E-state index in [1.807, 2.05) is 0 Å². The lowest BCUT2D eigenvalue weighted by atomic mass is 10.1. The number of rotatable bonds is 1. The van der Waals surface area contributed by atoms with Crippen molar-refractivity contribution in [3.05, 3.63) is 0 Å². The van der Waals surface area contributed by atoms with Crippen LogP contribution < -0.4 is 5.32 Å². The van der Waals surface area contributed by atoms with Crippen LogP contribution in [0.4, 0.5) is 0 Å². The van der Waals surface area contributed by atoms with Crippen LogP contribution in [0.2, 0.25) is 0 Å². The smallest absolute Gasteiger partial charge is 0.0971 e. The van der Waals surface area contributed by atoms with Crippen molar-refractivity contribution >= 4 is 0 Å². The van der Waals surface area contributed by atoms with Gasteiger partial charge in [-0.15, -0.1) is 0 Å². The molecular formula is C6H11NO3. The summed E-state index contributed by atoms with van der Waals surface area (Å²) in [5.41, 5.74) is 0. The summed E-state index contributed by atoms with van der Waals surface area (Å²) in [6, 6.07) is 0.183. The van der Waals surface area contributed by atoms with Crippen molar-refractivity contribution in [3.63, 3.8) is 0 Å². The largest absolute Gasteiger partial charge is 0.396 e. The van der Waals surface area contributed by atoms with Gasteiger partial charge in [0, 0.05) is 12.0 Å². The van der Waals surface area contributed by atoms with E-state index in [0.29, 0.717) is 0 Å². The van der Waals surface area contributed by atoms with Crippen LogP contribution in [-0.4, -0.2) is 46.2 Å². The zero-order valence-corrected chi connectivity index (χ0v) is 5.44. The fraction of sp³-hybridized carbons (Fsp3) is 1.00. The number of aliphatic hydroxyl groups excluding tert-OH is 3. The molecule has 0 unspecified atom stereocenters. The van der Waals surface area contributed by atoms with Gasteiger partial charge in [-0.2, -0.15) is 0 Å². The summed E-state index contributed by atoms with van der Waals surface area (Å²) in [6.07, 6.45) is -1.41. The molecule has 1 aliphatic heterocycles. The summed E-state index contributed by atoms with van der Waals surface area (Å²) in [4.78, 5) is 0. The first-order chi connectivity index (χ1) is 4.75. The third-order valence-electron chi connectivity index (χ3n) is 2.49. The first-order valence-electron chi connectivity index (χ1n) is 3.48. The van der Waals surface area contributed by atoms with Crippen LogP contribution >= 0.6 is 0 Å². The second-order valence-corrected chi connectivity index (χ2v) is 3.05. The molecule has 10 heavy (non-hydrogen) atoms. The molecule has 0 spiro atoms. The Morgan fingerprint density at radius 1 is 1.10 bits per heavy atom. The van der Waals surface area contributed by atoms with Gasteiger partial charge in [-0.1, -0.05) is 0 Å². The van der Waals surface area contributed by atoms with Crippen molar-refractivity contribution in [3.8, 4) is 0 Å². The second-order valence-electron chi connectivity index (χ2n) is 3.05. The molecule has 4 heteroatoms. The number of hydrogen-bond donors (Lipinski definition) is 4. The van der Waals surface area contributed by atoms with Crippen LogP contribution in [0.15, 0.2) is 0 Å². The van der Waals surface area contributed by atoms with Crippen molar-refractivity contribution < 1.29 is 15.3 Å². The summed E-state index contributed by atoms with van der Waals surface area (Å²) in [5.74, 6) is -0.167. The van der Waals surface area contributed by atoms with E-state index < -0.39 is 12.2 Å². The lowest BCUT2D eigenvalue weighted by molar-refractivity contribution is -0.00798. The van der Waals surface area contributed by atoms with Gasteiger partial charge in [0.2, 0.25) is 0 Å². The maximum absolute atomic E-state index is 9.21. The Labute approximate surface area is 58.5 Å². The molecule has 0 aromatic carbocycles. The van der Waals surface area contributed by atoms with E-state index in [4.69, 9.17) is 5.11 Å². The Balaban J connectivity index is 2.09. The van der Waals surface area contributed by atoms with Gasteiger partial charge in [-0.05, 0) is 0 Å². The van der Waals surface area contributed by atoms with E-state index in [0.717, 1.165) is 0 Å². The maximum atomic E-state index is 9.21. The number of piperidine rings is 1. The molecule has 58 valence electrons. The summed E-state index contributed by atoms with van der Waals surface area (Å²) in [7, 11) is 0. The van der Waals surface area contributed by atoms with Gasteiger partial charge in [0.1, 0.15) is 0 Å². The zero-order chi connectivity index (χ0) is 7.30. The van der Waals surface area contributed by atoms with Crippen molar-refractivity contribution in [1.29, 1.82) is 0 Å². The van der Waals surface area contributed by atoms with E-state index in [9.17, 15) is 10.2 Å². The Morgan fingerprint density at radius 3 is 2.10 bits per heavy atom. The summed E-state index contributed by atoms with van der Waals surface area (Å²) in [6.45, 7) is -0.0492. The third kappa shape index (κ3) is 0.645. The van der Waals surface area contributed by atoms with Crippen LogP contribution in [0, 0.1) is 5.92 Å². The van der Waals surface area contributed by atoms with Gasteiger partial charge in [0.15, 0.2) is 0 Å². The van der Waals surface area contributed by atoms with E-state index >= 15 is 0 Å². The fourth-order valence-electron chi connectivity index (χ4n) is 1.77. The van der Waals surface area contributed by atoms with Crippen molar-refractivity contribution in [2.75, 3.05) is 6.61 Å². The quantitative estimate of drug-likeness (QED) is 0.312. The van der Waals surface area contributed by atoms with E-state index in [1.165, 1.54) is 0 Å². The number of aliphatic hydroxyl groups is 3. The predicted octanol–water partition coefficient (Wildman–Crippen LogP) is -2.33. The highest BCUT2D eigenvalue weighted by Gasteiger charge is 2.58. The van der Waals surface area contributed by atoms with Crippen LogP contribution in [-0.2, 0) is 0 Å². The summed E-state index contributed by atoms with van der Waals surface area (Å²) in [5, 5.41) is 30.1. The molecule has 0 bridgehead atoms. The molecule has 2 aliphatic rings. The molecule has 2 rings (SSSR count). The predicted molar refractivity (Wildman–Crippen MR) is 33.3 cm³/mol. The molecule has 2 fully saturated rings. The molecule has 1 saturated heterocycles. The van der Waals surface area contributed by atoms with Gasteiger partial charge in [-0.25, -0.2) is 0 Å². The molecule has 1 heterocycles. The Bertz CT molecular complexity index is 152. The van der Waals surface area contributed by atoms with Crippen LogP contribution in [0.1, 0.15) is 0 Å². The van der Waals surface area contributed by atoms with Crippen LogP contribution in [0.25, 0.3) is 0 Å². The number of nitrogens with one attached hydrogen (secondary N) is 1. The van der Waals surface area contributed by atoms with Crippen molar-refractivity contribution in [2.45, 2.75) is 24.3 Å². The third-order valence-corrected chi connectivity index (χ3v) is 2.49. The second kappa shape index (κ2) is 1.92. The Morgan fingerprint density at radius 2 is 1.80 bits per heavy atom. The highest BCUT2D eigenvalue weighted by Crippen LogP contribution is 2.36. The van der Waals surface area contributed by atoms with Gasteiger partial charge < -0.3 is 20.6 Å². The Hall–Kier alpha value is -0.160. The van der Waals surface area contributed by atoms with Gasteiger partial charge in [0.05, 0.1) is 24.9 Å². The van der Waals surface area contributed by atoms with Crippen molar-refractivity contribution in [1.82, 2.24) is 5.32 Å². The summed E-state index contributed by atoms with van der Waals surface area (Å²) >= 11 is 0. The minimum atomic E-state index is -0.735. The Kier molecular flexibility index (Phi) is 1.25. The average Bonchev–Trinajstić information content (AvgIpc) is 2.63. The molecule has 5 atom stereocenters. The van der Waals surface area contributed by atoms with E-state index in [2.05, 4.69) is 5.32 Å². The van der Waals surface area contributed by atoms with Gasteiger partial charge >= 0.3 is 0 Å². The van der Waals surface area contributed by atoms with E-state index in [1.54, 1.807) is 0 Å². The molecule has 4 nitrogen and oxygen atoms in total. The fourth-order valence-corrected chi connectivity index (χ4v) is 1.77. The highest BCUT2D eigenvalue weighted by atomic mass is 16.3. The highest BCUT2D eigenvalue weighted by molar-refractivity contribution is 5.16. The molecule has 0 amide bonds. The number of hydrogen-bond acceptors (Lipinski definition) is 4. The molecule has 0 radical (unpaired) electrons. The van der Waals surface area contributed by atoms with Gasteiger partial charge in [-0.3, -0.25) is 0 Å². The molecular weight excluding hydrogens is 134 g/mol. The first-order valence-corrected chi connectivity index (χ1v) is 3.48. The zero-order valence-electron chi connectivity index (χ0n) is 5.44. The normalized spacial score (nSPS) is 58.5. The minimum absolute atomic E-state index is 0.0344. The lowest BCUT2D eigenvalue weighted by Crippen LogP contribution is -2.36.